The van der Waals surface area contributed by atoms with Crippen LogP contribution >= 0.6 is 0 Å². The molecule has 0 radical (unpaired) electrons. The number of benzene rings is 1. The van der Waals surface area contributed by atoms with Crippen molar-refractivity contribution in [1.82, 2.24) is 9.88 Å². The Morgan fingerprint density at radius 1 is 1.35 bits per heavy atom. The van der Waals surface area contributed by atoms with Gasteiger partial charge in [0.25, 0.3) is 0 Å². The molecule has 0 amide bonds. The molecule has 2 heterocycles. The molecule has 0 spiro atoms. The van der Waals surface area contributed by atoms with Gasteiger partial charge in [-0.05, 0) is 57.5 Å². The molecule has 4 nitrogen and oxygen atoms in total. The summed E-state index contributed by atoms with van der Waals surface area (Å²) in [4.78, 5) is 12.5. The first-order valence-electron chi connectivity index (χ1n) is 7.79. The summed E-state index contributed by atoms with van der Waals surface area (Å²) in [5, 5.41) is 4.13. The molecule has 5 heteroatoms. The van der Waals surface area contributed by atoms with Gasteiger partial charge in [0, 0.05) is 23.7 Å². The van der Waals surface area contributed by atoms with E-state index in [2.05, 4.69) is 11.4 Å². The van der Waals surface area contributed by atoms with Crippen LogP contribution in [0.4, 0.5) is 9.18 Å². The minimum Gasteiger partial charge on any atom is -0.443 e. The second-order valence-electron chi connectivity index (χ2n) is 6.74. The van der Waals surface area contributed by atoms with E-state index in [1.807, 2.05) is 20.8 Å². The van der Waals surface area contributed by atoms with Gasteiger partial charge in [0.1, 0.15) is 11.4 Å². The quantitative estimate of drug-likeness (QED) is 0.866. The average molecular weight is 316 g/mol. The van der Waals surface area contributed by atoms with Gasteiger partial charge in [0.2, 0.25) is 0 Å². The SMILES string of the molecule is CC(C)(C)OC(=O)n1cc(C2=CCNCC2)c2ccc(F)cc21. The van der Waals surface area contributed by atoms with Gasteiger partial charge in [-0.25, -0.2) is 9.18 Å². The summed E-state index contributed by atoms with van der Waals surface area (Å²) in [7, 11) is 0. The molecular formula is C18H21FN2O2. The van der Waals surface area contributed by atoms with Crippen LogP contribution in [0, 0.1) is 5.82 Å². The Morgan fingerprint density at radius 2 is 2.13 bits per heavy atom. The number of hydrogen-bond acceptors (Lipinski definition) is 3. The van der Waals surface area contributed by atoms with Crippen LogP contribution in [-0.2, 0) is 4.74 Å². The molecule has 0 unspecified atom stereocenters. The molecule has 23 heavy (non-hydrogen) atoms. The Balaban J connectivity index is 2.12. The Bertz CT molecular complexity index is 784. The molecule has 0 aliphatic carbocycles. The van der Waals surface area contributed by atoms with Crippen LogP contribution in [0.5, 0.6) is 0 Å². The third-order valence-corrected chi connectivity index (χ3v) is 3.77. The number of hydrogen-bond donors (Lipinski definition) is 1. The molecule has 1 N–H and O–H groups in total. The Kier molecular flexibility index (Phi) is 3.98. The monoisotopic (exact) mass is 316 g/mol. The number of fused-ring (bicyclic) bond motifs is 1. The van der Waals surface area contributed by atoms with Gasteiger partial charge in [0.05, 0.1) is 5.52 Å². The predicted molar refractivity (Wildman–Crippen MR) is 89.0 cm³/mol. The van der Waals surface area contributed by atoms with E-state index in [1.165, 1.54) is 22.3 Å². The third kappa shape index (κ3) is 3.29. The number of nitrogens with one attached hydrogen (secondary N) is 1. The summed E-state index contributed by atoms with van der Waals surface area (Å²) in [5.41, 5.74) is 2.07. The molecule has 1 aliphatic rings. The first-order chi connectivity index (χ1) is 10.8. The standard InChI is InChI=1S/C18H21FN2O2/c1-18(2,3)23-17(22)21-11-15(12-6-8-20-9-7-12)14-5-4-13(19)10-16(14)21/h4-6,10-11,20H,7-9H2,1-3H3. The van der Waals surface area contributed by atoms with Crippen molar-refractivity contribution in [2.45, 2.75) is 32.8 Å². The maximum absolute atomic E-state index is 13.7. The second kappa shape index (κ2) is 5.81. The molecule has 3 rings (SSSR count). The smallest absolute Gasteiger partial charge is 0.419 e. The number of carbonyl (C=O) groups is 1. The third-order valence-electron chi connectivity index (χ3n) is 3.77. The minimum atomic E-state index is -0.602. The topological polar surface area (TPSA) is 43.3 Å². The van der Waals surface area contributed by atoms with Crippen molar-refractivity contribution >= 4 is 22.6 Å². The van der Waals surface area contributed by atoms with E-state index >= 15 is 0 Å². The van der Waals surface area contributed by atoms with E-state index < -0.39 is 11.7 Å². The molecule has 1 aromatic carbocycles. The highest BCUT2D eigenvalue weighted by atomic mass is 19.1. The predicted octanol–water partition coefficient (Wildman–Crippen LogP) is 3.94. The first-order valence-corrected chi connectivity index (χ1v) is 7.79. The summed E-state index contributed by atoms with van der Waals surface area (Å²) in [5.74, 6) is -0.369. The van der Waals surface area contributed by atoms with Crippen molar-refractivity contribution in [1.29, 1.82) is 0 Å². The van der Waals surface area contributed by atoms with E-state index in [9.17, 15) is 9.18 Å². The zero-order valence-electron chi connectivity index (χ0n) is 13.6. The highest BCUT2D eigenvalue weighted by molar-refractivity contribution is 5.98. The number of rotatable bonds is 1. The molecule has 0 bridgehead atoms. The van der Waals surface area contributed by atoms with Crippen LogP contribution in [0.15, 0.2) is 30.5 Å². The number of halogens is 1. The van der Waals surface area contributed by atoms with E-state index in [-0.39, 0.29) is 5.82 Å². The zero-order valence-corrected chi connectivity index (χ0v) is 13.6. The Hall–Kier alpha value is -2.14. The van der Waals surface area contributed by atoms with Crippen LogP contribution in [0.1, 0.15) is 32.8 Å². The van der Waals surface area contributed by atoms with E-state index in [4.69, 9.17) is 4.74 Å². The average Bonchev–Trinajstić information content (AvgIpc) is 2.85. The fourth-order valence-electron chi connectivity index (χ4n) is 2.79. The van der Waals surface area contributed by atoms with Crippen molar-refractivity contribution in [3.8, 4) is 0 Å². The highest BCUT2D eigenvalue weighted by Crippen LogP contribution is 2.31. The molecule has 1 aliphatic heterocycles. The highest BCUT2D eigenvalue weighted by Gasteiger charge is 2.22. The molecular weight excluding hydrogens is 295 g/mol. The number of nitrogens with zero attached hydrogens (tertiary/aromatic N) is 1. The van der Waals surface area contributed by atoms with Crippen LogP contribution in [0.25, 0.3) is 16.5 Å². The number of carbonyl (C=O) groups excluding carboxylic acids is 1. The minimum absolute atomic E-state index is 0.369. The van der Waals surface area contributed by atoms with Crippen molar-refractivity contribution in [3.05, 3.63) is 41.9 Å². The Labute approximate surface area is 134 Å². The van der Waals surface area contributed by atoms with Gasteiger partial charge in [-0.3, -0.25) is 4.57 Å². The summed E-state index contributed by atoms with van der Waals surface area (Å²) >= 11 is 0. The lowest BCUT2D eigenvalue weighted by Crippen LogP contribution is -2.26. The molecule has 0 saturated heterocycles. The van der Waals surface area contributed by atoms with Gasteiger partial charge in [-0.2, -0.15) is 0 Å². The van der Waals surface area contributed by atoms with Gasteiger partial charge in [0.15, 0.2) is 0 Å². The molecule has 0 saturated carbocycles. The van der Waals surface area contributed by atoms with Gasteiger partial charge < -0.3 is 10.1 Å². The molecule has 122 valence electrons. The lowest BCUT2D eigenvalue weighted by atomic mass is 10.00. The van der Waals surface area contributed by atoms with Crippen LogP contribution in [0.3, 0.4) is 0 Å². The number of aromatic nitrogens is 1. The maximum atomic E-state index is 13.7. The molecule has 1 aromatic heterocycles. The Morgan fingerprint density at radius 3 is 2.78 bits per heavy atom. The van der Waals surface area contributed by atoms with Crippen LogP contribution in [0.2, 0.25) is 0 Å². The van der Waals surface area contributed by atoms with Crippen molar-refractivity contribution in [2.24, 2.45) is 0 Å². The number of ether oxygens (including phenoxy) is 1. The molecule has 2 aromatic rings. The first kappa shape index (κ1) is 15.7. The van der Waals surface area contributed by atoms with E-state index in [1.54, 1.807) is 12.3 Å². The van der Waals surface area contributed by atoms with Gasteiger partial charge in [-0.15, -0.1) is 0 Å². The maximum Gasteiger partial charge on any atom is 0.419 e. The van der Waals surface area contributed by atoms with Crippen molar-refractivity contribution in [2.75, 3.05) is 13.1 Å². The second-order valence-corrected chi connectivity index (χ2v) is 6.74. The summed E-state index contributed by atoms with van der Waals surface area (Å²) < 4.78 is 20.5. The van der Waals surface area contributed by atoms with Crippen molar-refractivity contribution in [3.63, 3.8) is 0 Å². The van der Waals surface area contributed by atoms with Gasteiger partial charge in [-0.1, -0.05) is 6.08 Å². The lowest BCUT2D eigenvalue weighted by Gasteiger charge is -2.19. The van der Waals surface area contributed by atoms with Crippen molar-refractivity contribution < 1.29 is 13.9 Å². The zero-order chi connectivity index (χ0) is 16.6. The van der Waals surface area contributed by atoms with E-state index in [0.29, 0.717) is 5.52 Å². The fourth-order valence-corrected chi connectivity index (χ4v) is 2.79. The lowest BCUT2D eigenvalue weighted by molar-refractivity contribution is 0.0544. The molecule has 0 fully saturated rings. The van der Waals surface area contributed by atoms with Crippen LogP contribution < -0.4 is 5.32 Å². The largest absolute Gasteiger partial charge is 0.443 e. The normalized spacial score (nSPS) is 15.6. The van der Waals surface area contributed by atoms with E-state index in [0.717, 1.165) is 30.5 Å². The summed E-state index contributed by atoms with van der Waals surface area (Å²) in [6.45, 7) is 7.13. The summed E-state index contributed by atoms with van der Waals surface area (Å²) in [6, 6.07) is 4.53. The van der Waals surface area contributed by atoms with Gasteiger partial charge >= 0.3 is 6.09 Å². The molecule has 0 atom stereocenters. The van der Waals surface area contributed by atoms with Crippen LogP contribution in [-0.4, -0.2) is 29.4 Å². The fraction of sp³-hybridized carbons (Fsp3) is 0.389. The summed E-state index contributed by atoms with van der Waals surface area (Å²) in [6.07, 6.45) is 4.26.